The molecule has 0 saturated heterocycles. The van der Waals surface area contributed by atoms with E-state index in [1.165, 1.54) is 0 Å². The second-order valence-corrected chi connectivity index (χ2v) is 6.63. The zero-order chi connectivity index (χ0) is 18.5. The quantitative estimate of drug-likeness (QED) is 0.368. The third kappa shape index (κ3) is 4.36. The van der Waals surface area contributed by atoms with Crippen LogP contribution in [0.15, 0.2) is 58.0 Å². The van der Waals surface area contributed by atoms with E-state index >= 15 is 0 Å². The molecular weight excluding hydrogens is 371 g/mol. The first-order valence-electron chi connectivity index (χ1n) is 8.10. The number of nitrogens with two attached hydrogens (primary N) is 2. The van der Waals surface area contributed by atoms with E-state index < -0.39 is 0 Å². The third-order valence-corrected chi connectivity index (χ3v) is 4.37. The average Bonchev–Trinajstić information content (AvgIpc) is 3.04. The molecule has 0 aliphatic rings. The van der Waals surface area contributed by atoms with Gasteiger partial charge in [0.15, 0.2) is 5.96 Å². The van der Waals surface area contributed by atoms with Crippen LogP contribution in [-0.2, 0) is 6.42 Å². The third-order valence-electron chi connectivity index (χ3n) is 3.87. The maximum atomic E-state index is 6.03. The Labute approximate surface area is 161 Å². The Kier molecular flexibility index (Phi) is 5.81. The smallest absolute Gasteiger partial charge is 0.185 e. The van der Waals surface area contributed by atoms with Gasteiger partial charge < -0.3 is 16.0 Å². The van der Waals surface area contributed by atoms with Crippen molar-refractivity contribution in [1.82, 2.24) is 5.16 Å². The first kappa shape index (κ1) is 18.3. The van der Waals surface area contributed by atoms with Crippen LogP contribution in [0.1, 0.15) is 12.2 Å². The number of hydrogen-bond donors (Lipinski definition) is 2. The summed E-state index contributed by atoms with van der Waals surface area (Å²) in [5, 5.41) is 5.64. The molecule has 5 nitrogen and oxygen atoms in total. The van der Waals surface area contributed by atoms with Crippen LogP contribution in [0.25, 0.3) is 22.4 Å². The Morgan fingerprint density at radius 3 is 2.08 bits per heavy atom. The molecule has 2 aromatic carbocycles. The van der Waals surface area contributed by atoms with Crippen molar-refractivity contribution < 1.29 is 4.52 Å². The van der Waals surface area contributed by atoms with Crippen LogP contribution in [0.4, 0.5) is 0 Å². The van der Waals surface area contributed by atoms with Gasteiger partial charge in [-0.05, 0) is 36.2 Å². The molecular formula is C19H18Cl2N4O. The molecule has 0 radical (unpaired) electrons. The SMILES string of the molecule is NC(N)=NCCCc1onc(-c2ccc(Cl)cc2)c1-c1ccc(Cl)cc1. The first-order chi connectivity index (χ1) is 12.5. The molecule has 0 bridgehead atoms. The van der Waals surface area contributed by atoms with Crippen LogP contribution in [0.3, 0.4) is 0 Å². The van der Waals surface area contributed by atoms with Crippen LogP contribution < -0.4 is 11.5 Å². The van der Waals surface area contributed by atoms with Gasteiger partial charge in [-0.25, -0.2) is 0 Å². The molecule has 1 aromatic heterocycles. The highest BCUT2D eigenvalue weighted by Crippen LogP contribution is 2.36. The fraction of sp³-hybridized carbons (Fsp3) is 0.158. The maximum Gasteiger partial charge on any atom is 0.185 e. The van der Waals surface area contributed by atoms with Gasteiger partial charge in [-0.3, -0.25) is 4.99 Å². The Hall–Kier alpha value is -2.50. The monoisotopic (exact) mass is 388 g/mol. The number of aryl methyl sites for hydroxylation is 1. The summed E-state index contributed by atoms with van der Waals surface area (Å²) < 4.78 is 5.65. The van der Waals surface area contributed by atoms with Gasteiger partial charge >= 0.3 is 0 Å². The van der Waals surface area contributed by atoms with Crippen molar-refractivity contribution in [2.45, 2.75) is 12.8 Å². The summed E-state index contributed by atoms with van der Waals surface area (Å²) in [6.45, 7) is 0.527. The first-order valence-corrected chi connectivity index (χ1v) is 8.86. The topological polar surface area (TPSA) is 90.4 Å². The minimum absolute atomic E-state index is 0.0855. The lowest BCUT2D eigenvalue weighted by Gasteiger charge is -2.05. The van der Waals surface area contributed by atoms with E-state index in [1.54, 1.807) is 0 Å². The molecule has 0 fully saturated rings. The number of nitrogens with zero attached hydrogens (tertiary/aromatic N) is 2. The van der Waals surface area contributed by atoms with Crippen molar-refractivity contribution in [2.75, 3.05) is 6.54 Å². The molecule has 4 N–H and O–H groups in total. The number of aromatic nitrogens is 1. The summed E-state index contributed by atoms with van der Waals surface area (Å²) >= 11 is 12.0. The van der Waals surface area contributed by atoms with Crippen LogP contribution in [0.2, 0.25) is 10.0 Å². The molecule has 134 valence electrons. The van der Waals surface area contributed by atoms with E-state index in [4.69, 9.17) is 39.2 Å². The highest BCUT2D eigenvalue weighted by Gasteiger charge is 2.19. The van der Waals surface area contributed by atoms with Gasteiger partial charge in [0.2, 0.25) is 0 Å². The molecule has 0 aliphatic carbocycles. The predicted octanol–water partition coefficient (Wildman–Crippen LogP) is 4.52. The largest absolute Gasteiger partial charge is 0.370 e. The standard InChI is InChI=1S/C19H18Cl2N4O/c20-14-7-3-12(4-8-14)17-16(2-1-11-24-19(22)23)26-25-18(17)13-5-9-15(21)10-6-13/h3-10H,1-2,11H2,(H4,22,23,24). The van der Waals surface area contributed by atoms with Gasteiger partial charge in [-0.1, -0.05) is 52.6 Å². The molecule has 3 rings (SSSR count). The number of benzene rings is 2. The Balaban J connectivity index is 1.97. The fourth-order valence-electron chi connectivity index (χ4n) is 2.66. The summed E-state index contributed by atoms with van der Waals surface area (Å²) in [7, 11) is 0. The zero-order valence-electron chi connectivity index (χ0n) is 14.0. The summed E-state index contributed by atoms with van der Waals surface area (Å²) in [5.41, 5.74) is 14.4. The lowest BCUT2D eigenvalue weighted by atomic mass is 9.97. The van der Waals surface area contributed by atoms with Crippen molar-refractivity contribution in [1.29, 1.82) is 0 Å². The summed E-state index contributed by atoms with van der Waals surface area (Å²) in [5.74, 6) is 0.866. The fourth-order valence-corrected chi connectivity index (χ4v) is 2.91. The molecule has 7 heteroatoms. The Morgan fingerprint density at radius 2 is 1.50 bits per heavy atom. The van der Waals surface area contributed by atoms with Crippen molar-refractivity contribution in [3.63, 3.8) is 0 Å². The number of rotatable bonds is 6. The molecule has 0 saturated carbocycles. The van der Waals surface area contributed by atoms with Crippen molar-refractivity contribution in [2.24, 2.45) is 16.5 Å². The average molecular weight is 389 g/mol. The Morgan fingerprint density at radius 1 is 0.923 bits per heavy atom. The van der Waals surface area contributed by atoms with Crippen LogP contribution >= 0.6 is 23.2 Å². The number of aliphatic imine (C=N–C) groups is 1. The highest BCUT2D eigenvalue weighted by molar-refractivity contribution is 6.31. The van der Waals surface area contributed by atoms with E-state index in [0.29, 0.717) is 23.0 Å². The summed E-state index contributed by atoms with van der Waals surface area (Å²) in [6.07, 6.45) is 1.41. The Bertz CT molecular complexity index is 898. The molecule has 0 amide bonds. The predicted molar refractivity (Wildman–Crippen MR) is 106 cm³/mol. The molecule has 26 heavy (non-hydrogen) atoms. The van der Waals surface area contributed by atoms with E-state index in [-0.39, 0.29) is 5.96 Å². The normalized spacial score (nSPS) is 10.7. The van der Waals surface area contributed by atoms with Gasteiger partial charge in [-0.2, -0.15) is 0 Å². The van der Waals surface area contributed by atoms with Gasteiger partial charge in [0.1, 0.15) is 11.5 Å². The summed E-state index contributed by atoms with van der Waals surface area (Å²) in [4.78, 5) is 4.01. The van der Waals surface area contributed by atoms with Gasteiger partial charge in [0, 0.05) is 28.6 Å². The van der Waals surface area contributed by atoms with E-state index in [2.05, 4.69) is 10.1 Å². The molecule has 0 spiro atoms. The van der Waals surface area contributed by atoms with Gasteiger partial charge in [0.05, 0.1) is 5.56 Å². The van der Waals surface area contributed by atoms with Gasteiger partial charge in [-0.15, -0.1) is 0 Å². The van der Waals surface area contributed by atoms with Crippen LogP contribution in [0, 0.1) is 0 Å². The molecule has 0 aliphatic heterocycles. The lowest BCUT2D eigenvalue weighted by molar-refractivity contribution is 0.384. The van der Waals surface area contributed by atoms with Crippen LogP contribution in [-0.4, -0.2) is 17.7 Å². The zero-order valence-corrected chi connectivity index (χ0v) is 15.5. The van der Waals surface area contributed by atoms with Crippen molar-refractivity contribution in [3.8, 4) is 22.4 Å². The number of halogens is 2. The molecule has 0 atom stereocenters. The second kappa shape index (κ2) is 8.25. The van der Waals surface area contributed by atoms with E-state index in [9.17, 15) is 0 Å². The minimum atomic E-state index is 0.0855. The van der Waals surface area contributed by atoms with Crippen LogP contribution in [0.5, 0.6) is 0 Å². The van der Waals surface area contributed by atoms with E-state index in [0.717, 1.165) is 34.6 Å². The lowest BCUT2D eigenvalue weighted by Crippen LogP contribution is -2.23. The summed E-state index contributed by atoms with van der Waals surface area (Å²) in [6, 6.07) is 15.1. The number of hydrogen-bond acceptors (Lipinski definition) is 3. The van der Waals surface area contributed by atoms with Gasteiger partial charge in [0.25, 0.3) is 0 Å². The minimum Gasteiger partial charge on any atom is -0.370 e. The maximum absolute atomic E-state index is 6.03. The highest BCUT2D eigenvalue weighted by atomic mass is 35.5. The molecule has 1 heterocycles. The van der Waals surface area contributed by atoms with Crippen molar-refractivity contribution >= 4 is 29.2 Å². The second-order valence-electron chi connectivity index (χ2n) is 5.75. The molecule has 3 aromatic rings. The van der Waals surface area contributed by atoms with E-state index in [1.807, 2.05) is 48.5 Å². The van der Waals surface area contributed by atoms with Crippen molar-refractivity contribution in [3.05, 3.63) is 64.3 Å². The molecule has 0 unspecified atom stereocenters. The number of guanidine groups is 1.